The van der Waals surface area contributed by atoms with Crippen LogP contribution in [0.4, 0.5) is 0 Å². The van der Waals surface area contributed by atoms with Crippen LogP contribution in [-0.4, -0.2) is 9.13 Å². The van der Waals surface area contributed by atoms with E-state index in [-0.39, 0.29) is 0 Å². The summed E-state index contributed by atoms with van der Waals surface area (Å²) in [6.07, 6.45) is 0. The maximum atomic E-state index is 2.47. The molecule has 0 N–H and O–H groups in total. The topological polar surface area (TPSA) is 9.86 Å². The quantitative estimate of drug-likeness (QED) is 0.162. The third kappa shape index (κ3) is 4.94. The number of nitrogens with zero attached hydrogens (tertiary/aromatic N) is 2. The van der Waals surface area contributed by atoms with E-state index >= 15 is 0 Å². The fourth-order valence-corrected chi connectivity index (χ4v) is 10.0. The van der Waals surface area contributed by atoms with Crippen LogP contribution < -0.4 is 0 Å². The first-order valence-corrected chi connectivity index (χ1v) is 19.6. The highest BCUT2D eigenvalue weighted by atomic mass is 32.1. The molecule has 258 valence electrons. The molecule has 0 saturated carbocycles. The minimum absolute atomic E-state index is 1.15. The summed E-state index contributed by atoms with van der Waals surface area (Å²) in [5.41, 5.74) is 14.4. The zero-order chi connectivity index (χ0) is 36.3. The summed E-state index contributed by atoms with van der Waals surface area (Å²) in [7, 11) is 0. The molecule has 2 nitrogen and oxygen atoms in total. The fourth-order valence-electron chi connectivity index (χ4n) is 8.66. The Morgan fingerprint density at radius 2 is 0.636 bits per heavy atom. The highest BCUT2D eigenvalue weighted by Crippen LogP contribution is 2.55. The number of para-hydroxylation sites is 6. The van der Waals surface area contributed by atoms with Gasteiger partial charge in [0, 0.05) is 64.9 Å². The zero-order valence-electron chi connectivity index (χ0n) is 29.9. The lowest BCUT2D eigenvalue weighted by Gasteiger charge is -2.17. The lowest BCUT2D eigenvalue weighted by Crippen LogP contribution is -1.97. The van der Waals surface area contributed by atoms with Crippen LogP contribution >= 0.6 is 11.3 Å². The molecule has 55 heavy (non-hydrogen) atoms. The third-order valence-electron chi connectivity index (χ3n) is 10.9. The molecule has 0 aliphatic carbocycles. The summed E-state index contributed by atoms with van der Waals surface area (Å²) < 4.78 is 4.94. The third-order valence-corrected chi connectivity index (χ3v) is 12.2. The Kier molecular flexibility index (Phi) is 7.39. The van der Waals surface area contributed by atoms with Crippen LogP contribution in [0.25, 0.3) is 98.1 Å². The summed E-state index contributed by atoms with van der Waals surface area (Å²) in [6, 6.07) is 75.1. The van der Waals surface area contributed by atoms with Crippen molar-refractivity contribution in [1.29, 1.82) is 0 Å². The van der Waals surface area contributed by atoms with Crippen molar-refractivity contribution < 1.29 is 0 Å². The van der Waals surface area contributed by atoms with Crippen molar-refractivity contribution in [3.05, 3.63) is 206 Å². The van der Waals surface area contributed by atoms with Gasteiger partial charge in [0.1, 0.15) is 0 Å². The van der Waals surface area contributed by atoms with Crippen molar-refractivity contribution >= 4 is 54.9 Å². The normalized spacial score (nSPS) is 11.6. The molecule has 0 aliphatic rings. The van der Waals surface area contributed by atoms with Crippen molar-refractivity contribution in [2.45, 2.75) is 0 Å². The maximum absolute atomic E-state index is 2.47. The van der Waals surface area contributed by atoms with E-state index < -0.39 is 0 Å². The Balaban J connectivity index is 1.37. The lowest BCUT2D eigenvalue weighted by atomic mass is 9.89. The SMILES string of the molecule is c1ccc(-c2sc(-c3ccccc3)c(-c3cccc4c5ccccc5n(-c5ccccc5)c34)c2-c2cccc3c4ccccc4n(-c4ccccc4)c23)cc1. The van der Waals surface area contributed by atoms with E-state index in [1.807, 2.05) is 11.3 Å². The van der Waals surface area contributed by atoms with Gasteiger partial charge in [-0.1, -0.05) is 170 Å². The van der Waals surface area contributed by atoms with E-state index in [1.54, 1.807) is 0 Å². The number of hydrogen-bond donors (Lipinski definition) is 0. The molecule has 0 radical (unpaired) electrons. The van der Waals surface area contributed by atoms with Gasteiger partial charge in [0.15, 0.2) is 0 Å². The number of aromatic nitrogens is 2. The van der Waals surface area contributed by atoms with Crippen molar-refractivity contribution in [2.24, 2.45) is 0 Å². The zero-order valence-corrected chi connectivity index (χ0v) is 30.7. The molecule has 0 bridgehead atoms. The molecule has 11 rings (SSSR count). The van der Waals surface area contributed by atoms with Crippen molar-refractivity contribution in [3.63, 3.8) is 0 Å². The Morgan fingerprint density at radius 1 is 0.291 bits per heavy atom. The maximum Gasteiger partial charge on any atom is 0.0620 e. The van der Waals surface area contributed by atoms with E-state index in [2.05, 4.69) is 215 Å². The Hall–Kier alpha value is -6.94. The first kappa shape index (κ1) is 31.6. The number of fused-ring (bicyclic) bond motifs is 6. The van der Waals surface area contributed by atoms with Gasteiger partial charge in [-0.3, -0.25) is 0 Å². The summed E-state index contributed by atoms with van der Waals surface area (Å²) >= 11 is 1.90. The molecule has 0 aliphatic heterocycles. The molecule has 0 unspecified atom stereocenters. The number of thiophene rings is 1. The molecule has 3 aromatic heterocycles. The summed E-state index contributed by atoms with van der Waals surface area (Å²) in [5, 5.41) is 4.98. The first-order valence-electron chi connectivity index (χ1n) is 18.8. The molecule has 0 amide bonds. The molecule has 0 fully saturated rings. The minimum Gasteiger partial charge on any atom is -0.309 e. The van der Waals surface area contributed by atoms with Gasteiger partial charge >= 0.3 is 0 Å². The average Bonchev–Trinajstić information content (AvgIpc) is 3.94. The van der Waals surface area contributed by atoms with Crippen LogP contribution in [0, 0.1) is 0 Å². The standard InChI is InChI=1S/C52H34N2S/c1-5-19-35(20-6-1)51-47(43-31-17-29-41-39-27-13-15-33-45(39)53(49(41)43)37-23-9-3-10-24-37)48(52(55-51)36-21-7-2-8-22-36)44-32-18-30-42-40-28-14-16-34-46(40)54(50(42)44)38-25-11-4-12-26-38/h1-34H. The van der Waals surface area contributed by atoms with Crippen LogP contribution in [0.5, 0.6) is 0 Å². The smallest absolute Gasteiger partial charge is 0.0620 e. The Morgan fingerprint density at radius 3 is 1.05 bits per heavy atom. The van der Waals surface area contributed by atoms with Crippen molar-refractivity contribution in [3.8, 4) is 54.5 Å². The molecule has 3 heteroatoms. The van der Waals surface area contributed by atoms with Crippen molar-refractivity contribution in [2.75, 3.05) is 0 Å². The van der Waals surface area contributed by atoms with E-state index in [0.717, 1.165) is 11.4 Å². The Bertz CT molecular complexity index is 2960. The van der Waals surface area contributed by atoms with Crippen LogP contribution in [0.3, 0.4) is 0 Å². The predicted molar refractivity (Wildman–Crippen MR) is 235 cm³/mol. The van der Waals surface area contributed by atoms with E-state index in [9.17, 15) is 0 Å². The highest BCUT2D eigenvalue weighted by Gasteiger charge is 2.29. The molecule has 0 atom stereocenters. The van der Waals surface area contributed by atoms with Gasteiger partial charge in [-0.15, -0.1) is 11.3 Å². The Labute approximate surface area is 323 Å². The largest absolute Gasteiger partial charge is 0.309 e. The summed E-state index contributed by atoms with van der Waals surface area (Å²) in [5.74, 6) is 0. The van der Waals surface area contributed by atoms with Gasteiger partial charge < -0.3 is 9.13 Å². The summed E-state index contributed by atoms with van der Waals surface area (Å²) in [4.78, 5) is 2.51. The first-order chi connectivity index (χ1) is 27.3. The number of benzene rings is 8. The average molecular weight is 719 g/mol. The monoisotopic (exact) mass is 718 g/mol. The van der Waals surface area contributed by atoms with Gasteiger partial charge in [0.2, 0.25) is 0 Å². The van der Waals surface area contributed by atoms with Gasteiger partial charge in [0.05, 0.1) is 22.1 Å². The van der Waals surface area contributed by atoms with Crippen molar-refractivity contribution in [1.82, 2.24) is 9.13 Å². The molecule has 11 aromatic rings. The van der Waals surface area contributed by atoms with Crippen LogP contribution in [0.15, 0.2) is 206 Å². The minimum atomic E-state index is 1.15. The van der Waals surface area contributed by atoms with Gasteiger partial charge in [-0.25, -0.2) is 0 Å². The second-order valence-electron chi connectivity index (χ2n) is 14.0. The molecule has 8 aromatic carbocycles. The van der Waals surface area contributed by atoms with Gasteiger partial charge in [0.25, 0.3) is 0 Å². The number of rotatable bonds is 6. The number of hydrogen-bond acceptors (Lipinski definition) is 1. The lowest BCUT2D eigenvalue weighted by molar-refractivity contribution is 1.18. The predicted octanol–water partition coefficient (Wildman–Crippen LogP) is 14.6. The van der Waals surface area contributed by atoms with Crippen LogP contribution in [0.2, 0.25) is 0 Å². The molecule has 0 saturated heterocycles. The van der Waals surface area contributed by atoms with E-state index in [1.165, 1.54) is 86.7 Å². The fraction of sp³-hybridized carbons (Fsp3) is 0. The summed E-state index contributed by atoms with van der Waals surface area (Å²) in [6.45, 7) is 0. The van der Waals surface area contributed by atoms with Crippen LogP contribution in [-0.2, 0) is 0 Å². The second-order valence-corrected chi connectivity index (χ2v) is 15.0. The molecular weight excluding hydrogens is 685 g/mol. The molecule has 3 heterocycles. The van der Waals surface area contributed by atoms with Gasteiger partial charge in [-0.2, -0.15) is 0 Å². The van der Waals surface area contributed by atoms with Crippen LogP contribution in [0.1, 0.15) is 0 Å². The second kappa shape index (κ2) is 12.9. The molecular formula is C52H34N2S. The highest BCUT2D eigenvalue weighted by molar-refractivity contribution is 7.20. The van der Waals surface area contributed by atoms with Gasteiger partial charge in [-0.05, 0) is 47.5 Å². The van der Waals surface area contributed by atoms with E-state index in [4.69, 9.17) is 0 Å². The van der Waals surface area contributed by atoms with E-state index in [0.29, 0.717) is 0 Å². The molecule has 0 spiro atoms.